The number of hydrogen-bond donors (Lipinski definition) is 1. The highest BCUT2D eigenvalue weighted by Gasteiger charge is 2.22. The average molecular weight is 393 g/mol. The molecule has 2 fully saturated rings. The Kier molecular flexibility index (Phi) is 5.06. The molecule has 3 aromatic rings. The smallest absolute Gasteiger partial charge is 0.228 e. The van der Waals surface area contributed by atoms with E-state index in [2.05, 4.69) is 14.5 Å². The van der Waals surface area contributed by atoms with Gasteiger partial charge in [-0.05, 0) is 30.9 Å². The molecule has 1 aromatic carbocycles. The molecule has 1 saturated carbocycles. The van der Waals surface area contributed by atoms with Gasteiger partial charge in [0.2, 0.25) is 5.95 Å². The number of phenols is 1. The van der Waals surface area contributed by atoms with Crippen LogP contribution in [0.5, 0.6) is 5.75 Å². The summed E-state index contributed by atoms with van der Waals surface area (Å²) in [6, 6.07) is 7.22. The van der Waals surface area contributed by atoms with Crippen molar-refractivity contribution in [1.29, 1.82) is 0 Å². The normalized spacial score (nSPS) is 18.4. The fraction of sp³-hybridized carbons (Fsp3) is 0.500. The molecule has 1 aliphatic carbocycles. The Bertz CT molecular complexity index is 990. The van der Waals surface area contributed by atoms with Crippen LogP contribution in [0.3, 0.4) is 0 Å². The van der Waals surface area contributed by atoms with E-state index in [4.69, 9.17) is 14.7 Å². The van der Waals surface area contributed by atoms with E-state index in [0.717, 1.165) is 42.1 Å². The van der Waals surface area contributed by atoms with Crippen LogP contribution >= 0.6 is 0 Å². The largest absolute Gasteiger partial charge is 0.508 e. The van der Waals surface area contributed by atoms with E-state index in [0.29, 0.717) is 25.1 Å². The Hall–Kier alpha value is -2.67. The maximum atomic E-state index is 9.99. The van der Waals surface area contributed by atoms with Gasteiger partial charge in [0.25, 0.3) is 0 Å². The zero-order valence-corrected chi connectivity index (χ0v) is 16.6. The summed E-state index contributed by atoms with van der Waals surface area (Å²) in [4.78, 5) is 16.7. The molecule has 1 N–H and O–H groups in total. The van der Waals surface area contributed by atoms with Gasteiger partial charge < -0.3 is 19.3 Å². The first-order valence-corrected chi connectivity index (χ1v) is 10.6. The number of anilines is 1. The van der Waals surface area contributed by atoms with Crippen LogP contribution in [0.15, 0.2) is 30.6 Å². The average Bonchev–Trinajstić information content (AvgIpc) is 3.17. The van der Waals surface area contributed by atoms with Crippen molar-refractivity contribution < 1.29 is 9.84 Å². The van der Waals surface area contributed by atoms with E-state index in [-0.39, 0.29) is 5.75 Å². The fourth-order valence-corrected chi connectivity index (χ4v) is 4.47. The quantitative estimate of drug-likeness (QED) is 0.730. The molecule has 0 radical (unpaired) electrons. The summed E-state index contributed by atoms with van der Waals surface area (Å²) in [6.07, 6.45) is 8.45. The molecule has 29 heavy (non-hydrogen) atoms. The summed E-state index contributed by atoms with van der Waals surface area (Å²) in [5.74, 6) is 1.63. The van der Waals surface area contributed by atoms with E-state index in [9.17, 15) is 5.11 Å². The standard InChI is InChI=1S/C22H27N5O2/c28-18-8-4-7-17(13-18)19-20-21(25-22(24-19)26-9-11-29-12-10-26)27(15-23-20)14-16-5-2-1-3-6-16/h4,7-8,13,15-16,28H,1-3,5-6,9-12,14H2. The van der Waals surface area contributed by atoms with Gasteiger partial charge in [0, 0.05) is 25.2 Å². The minimum absolute atomic E-state index is 0.226. The van der Waals surface area contributed by atoms with E-state index < -0.39 is 0 Å². The van der Waals surface area contributed by atoms with Gasteiger partial charge in [-0.15, -0.1) is 0 Å². The van der Waals surface area contributed by atoms with Crippen LogP contribution in [-0.2, 0) is 11.3 Å². The van der Waals surface area contributed by atoms with Gasteiger partial charge in [0.15, 0.2) is 5.65 Å². The van der Waals surface area contributed by atoms with Crippen molar-refractivity contribution in [2.75, 3.05) is 31.2 Å². The van der Waals surface area contributed by atoms with Crippen molar-refractivity contribution in [3.8, 4) is 17.0 Å². The number of aromatic nitrogens is 4. The number of ether oxygens (including phenoxy) is 1. The van der Waals surface area contributed by atoms with E-state index in [1.165, 1.54) is 32.1 Å². The summed E-state index contributed by atoms with van der Waals surface area (Å²) < 4.78 is 7.70. The summed E-state index contributed by atoms with van der Waals surface area (Å²) >= 11 is 0. The van der Waals surface area contributed by atoms with Crippen molar-refractivity contribution in [1.82, 2.24) is 19.5 Å². The van der Waals surface area contributed by atoms with Gasteiger partial charge in [-0.3, -0.25) is 0 Å². The lowest BCUT2D eigenvalue weighted by Gasteiger charge is -2.27. The van der Waals surface area contributed by atoms with Crippen LogP contribution in [0.1, 0.15) is 32.1 Å². The molecule has 7 heteroatoms. The first-order chi connectivity index (χ1) is 14.3. The maximum Gasteiger partial charge on any atom is 0.228 e. The van der Waals surface area contributed by atoms with E-state index in [1.807, 2.05) is 18.5 Å². The molecule has 2 aromatic heterocycles. The molecule has 7 nitrogen and oxygen atoms in total. The highest BCUT2D eigenvalue weighted by molar-refractivity contribution is 5.88. The number of morpholine rings is 1. The minimum atomic E-state index is 0.226. The Morgan fingerprint density at radius 2 is 1.90 bits per heavy atom. The molecule has 2 aliphatic rings. The summed E-state index contributed by atoms with van der Waals surface area (Å²) in [7, 11) is 0. The Morgan fingerprint density at radius 3 is 2.69 bits per heavy atom. The number of hydrogen-bond acceptors (Lipinski definition) is 6. The van der Waals surface area contributed by atoms with E-state index >= 15 is 0 Å². The van der Waals surface area contributed by atoms with Gasteiger partial charge in [0.05, 0.1) is 19.5 Å². The third kappa shape index (κ3) is 3.79. The summed E-state index contributed by atoms with van der Waals surface area (Å²) in [5, 5.41) is 9.99. The molecule has 5 rings (SSSR count). The van der Waals surface area contributed by atoms with Crippen LogP contribution < -0.4 is 4.90 Å². The molecule has 0 amide bonds. The Labute approximate surface area is 170 Å². The monoisotopic (exact) mass is 393 g/mol. The lowest BCUT2D eigenvalue weighted by atomic mass is 9.89. The van der Waals surface area contributed by atoms with Gasteiger partial charge in [-0.2, -0.15) is 4.98 Å². The first kappa shape index (κ1) is 18.4. The van der Waals surface area contributed by atoms with Gasteiger partial charge >= 0.3 is 0 Å². The first-order valence-electron chi connectivity index (χ1n) is 10.6. The zero-order valence-electron chi connectivity index (χ0n) is 16.6. The van der Waals surface area contributed by atoms with Crippen molar-refractivity contribution >= 4 is 17.1 Å². The number of aromatic hydroxyl groups is 1. The topological polar surface area (TPSA) is 76.3 Å². The molecule has 0 unspecified atom stereocenters. The highest BCUT2D eigenvalue weighted by Crippen LogP contribution is 2.31. The third-order valence-corrected chi connectivity index (χ3v) is 6.05. The van der Waals surface area contributed by atoms with Crippen LogP contribution in [0, 0.1) is 5.92 Å². The zero-order chi connectivity index (χ0) is 19.6. The fourth-order valence-electron chi connectivity index (χ4n) is 4.47. The molecule has 0 spiro atoms. The number of benzene rings is 1. The lowest BCUT2D eigenvalue weighted by molar-refractivity contribution is 0.122. The Balaban J connectivity index is 1.60. The van der Waals surface area contributed by atoms with Gasteiger partial charge in [0.1, 0.15) is 17.0 Å². The maximum absolute atomic E-state index is 9.99. The number of fused-ring (bicyclic) bond motifs is 1. The Morgan fingerprint density at radius 1 is 1.07 bits per heavy atom. The van der Waals surface area contributed by atoms with Crippen LogP contribution in [0.4, 0.5) is 5.95 Å². The molecule has 3 heterocycles. The third-order valence-electron chi connectivity index (χ3n) is 6.05. The second-order valence-corrected chi connectivity index (χ2v) is 8.10. The number of rotatable bonds is 4. The molecule has 1 saturated heterocycles. The molecule has 0 bridgehead atoms. The van der Waals surface area contributed by atoms with Crippen molar-refractivity contribution in [3.05, 3.63) is 30.6 Å². The van der Waals surface area contributed by atoms with Crippen LogP contribution in [0.25, 0.3) is 22.4 Å². The second-order valence-electron chi connectivity index (χ2n) is 8.10. The second kappa shape index (κ2) is 7.99. The number of phenolic OH excluding ortho intramolecular Hbond substituents is 1. The lowest BCUT2D eigenvalue weighted by Crippen LogP contribution is -2.37. The predicted molar refractivity (Wildman–Crippen MR) is 112 cm³/mol. The SMILES string of the molecule is Oc1cccc(-c2nc(N3CCOCC3)nc3c2ncn3CC2CCCCC2)c1. The molecule has 1 aliphatic heterocycles. The molecular weight excluding hydrogens is 366 g/mol. The predicted octanol–water partition coefficient (Wildman–Crippen LogP) is 3.62. The number of nitrogens with zero attached hydrogens (tertiary/aromatic N) is 5. The molecule has 0 atom stereocenters. The molecular formula is C22H27N5O2. The van der Waals surface area contributed by atoms with E-state index in [1.54, 1.807) is 12.1 Å². The van der Waals surface area contributed by atoms with Crippen molar-refractivity contribution in [2.24, 2.45) is 5.92 Å². The van der Waals surface area contributed by atoms with Crippen molar-refractivity contribution in [2.45, 2.75) is 38.6 Å². The highest BCUT2D eigenvalue weighted by atomic mass is 16.5. The number of imidazole rings is 1. The van der Waals surface area contributed by atoms with Crippen molar-refractivity contribution in [3.63, 3.8) is 0 Å². The van der Waals surface area contributed by atoms with Gasteiger partial charge in [-0.1, -0.05) is 31.4 Å². The van der Waals surface area contributed by atoms with Gasteiger partial charge in [-0.25, -0.2) is 9.97 Å². The van der Waals surface area contributed by atoms with Crippen LogP contribution in [-0.4, -0.2) is 50.9 Å². The molecule has 152 valence electrons. The minimum Gasteiger partial charge on any atom is -0.508 e. The van der Waals surface area contributed by atoms with Crippen LogP contribution in [0.2, 0.25) is 0 Å². The summed E-state index contributed by atoms with van der Waals surface area (Å²) in [6.45, 7) is 3.88. The summed E-state index contributed by atoms with van der Waals surface area (Å²) in [5.41, 5.74) is 3.30.